The van der Waals surface area contributed by atoms with Gasteiger partial charge in [0.25, 0.3) is 0 Å². The van der Waals surface area contributed by atoms with Crippen molar-refractivity contribution in [2.45, 2.75) is 20.3 Å². The quantitative estimate of drug-likeness (QED) is 0.885. The number of amides is 2. The van der Waals surface area contributed by atoms with Gasteiger partial charge in [-0.3, -0.25) is 9.59 Å². The maximum Gasteiger partial charge on any atom is 0.227 e. The van der Waals surface area contributed by atoms with Gasteiger partial charge in [-0.15, -0.1) is 0 Å². The number of nitrogens with zero attached hydrogens (tertiary/aromatic N) is 2. The summed E-state index contributed by atoms with van der Waals surface area (Å²) in [6, 6.07) is 18.0. The van der Waals surface area contributed by atoms with E-state index in [1.807, 2.05) is 66.4 Å². The van der Waals surface area contributed by atoms with Crippen molar-refractivity contribution in [1.82, 2.24) is 4.90 Å². The average molecular weight is 365 g/mol. The Morgan fingerprint density at radius 1 is 0.963 bits per heavy atom. The van der Waals surface area contributed by atoms with Crippen LogP contribution in [0.15, 0.2) is 54.6 Å². The molecular formula is C22H27N3O2. The van der Waals surface area contributed by atoms with Crippen LogP contribution in [0.25, 0.3) is 0 Å². The van der Waals surface area contributed by atoms with E-state index in [1.165, 1.54) is 5.56 Å². The number of anilines is 2. The second-order valence-electron chi connectivity index (χ2n) is 7.12. The lowest BCUT2D eigenvalue weighted by Crippen LogP contribution is -2.48. The Hall–Kier alpha value is -2.82. The molecule has 0 saturated carbocycles. The molecule has 0 aliphatic carbocycles. The lowest BCUT2D eigenvalue weighted by molar-refractivity contribution is -0.129. The molecule has 0 radical (unpaired) electrons. The van der Waals surface area contributed by atoms with E-state index in [-0.39, 0.29) is 17.7 Å². The van der Waals surface area contributed by atoms with Crippen molar-refractivity contribution in [2.75, 3.05) is 36.4 Å². The van der Waals surface area contributed by atoms with Crippen LogP contribution in [0.1, 0.15) is 19.4 Å². The average Bonchev–Trinajstić information content (AvgIpc) is 2.69. The molecule has 1 fully saturated rings. The van der Waals surface area contributed by atoms with E-state index < -0.39 is 0 Å². The van der Waals surface area contributed by atoms with Crippen LogP contribution in [0.4, 0.5) is 11.4 Å². The molecule has 2 amide bonds. The third-order valence-corrected chi connectivity index (χ3v) is 5.06. The minimum atomic E-state index is -0.0910. The topological polar surface area (TPSA) is 52.7 Å². The first kappa shape index (κ1) is 19.0. The normalized spacial score (nSPS) is 15.3. The molecule has 1 heterocycles. The van der Waals surface area contributed by atoms with E-state index in [9.17, 15) is 9.59 Å². The Morgan fingerprint density at radius 2 is 1.59 bits per heavy atom. The smallest absolute Gasteiger partial charge is 0.227 e. The van der Waals surface area contributed by atoms with Crippen LogP contribution in [0.5, 0.6) is 0 Å². The minimum Gasteiger partial charge on any atom is -0.368 e. The third-order valence-electron chi connectivity index (χ3n) is 5.06. The van der Waals surface area contributed by atoms with Gasteiger partial charge in [0.15, 0.2) is 0 Å². The summed E-state index contributed by atoms with van der Waals surface area (Å²) in [4.78, 5) is 28.0. The summed E-state index contributed by atoms with van der Waals surface area (Å²) in [5.41, 5.74) is 3.10. The van der Waals surface area contributed by atoms with E-state index in [0.717, 1.165) is 44.0 Å². The van der Waals surface area contributed by atoms with Gasteiger partial charge < -0.3 is 15.1 Å². The summed E-state index contributed by atoms with van der Waals surface area (Å²) >= 11 is 0. The monoisotopic (exact) mass is 365 g/mol. The number of carbonyl (C=O) groups excluding carboxylic acids is 2. The van der Waals surface area contributed by atoms with Gasteiger partial charge in [-0.25, -0.2) is 0 Å². The van der Waals surface area contributed by atoms with Crippen molar-refractivity contribution in [2.24, 2.45) is 5.92 Å². The van der Waals surface area contributed by atoms with Gasteiger partial charge >= 0.3 is 0 Å². The fourth-order valence-electron chi connectivity index (χ4n) is 3.36. The Kier molecular flexibility index (Phi) is 6.12. The summed E-state index contributed by atoms with van der Waals surface area (Å²) in [5, 5.41) is 3.00. The molecule has 0 bridgehead atoms. The number of nitrogens with one attached hydrogen (secondary N) is 1. The zero-order chi connectivity index (χ0) is 19.2. The van der Waals surface area contributed by atoms with Gasteiger partial charge in [-0.05, 0) is 36.2 Å². The first-order chi connectivity index (χ1) is 13.0. The Morgan fingerprint density at radius 3 is 2.19 bits per heavy atom. The van der Waals surface area contributed by atoms with Crippen molar-refractivity contribution in [3.05, 3.63) is 60.2 Å². The molecule has 2 aromatic rings. The van der Waals surface area contributed by atoms with Gasteiger partial charge in [0.2, 0.25) is 11.8 Å². The zero-order valence-corrected chi connectivity index (χ0v) is 16.0. The Bertz CT molecular complexity index is 766. The summed E-state index contributed by atoms with van der Waals surface area (Å²) in [7, 11) is 0. The van der Waals surface area contributed by atoms with Crippen molar-refractivity contribution in [1.29, 1.82) is 0 Å². The molecule has 27 heavy (non-hydrogen) atoms. The number of piperazine rings is 1. The molecule has 1 saturated heterocycles. The molecule has 3 rings (SSSR count). The predicted octanol–water partition coefficient (Wildman–Crippen LogP) is 3.17. The maximum atomic E-state index is 12.4. The molecule has 0 spiro atoms. The van der Waals surface area contributed by atoms with E-state index in [0.29, 0.717) is 0 Å². The van der Waals surface area contributed by atoms with Crippen molar-refractivity contribution >= 4 is 23.2 Å². The maximum absolute atomic E-state index is 12.4. The molecule has 5 heteroatoms. The first-order valence-corrected chi connectivity index (χ1v) is 9.48. The SMILES string of the molecule is CC(=O)N1CCN(c2ccc(NC(=O)C(C)Cc3ccccc3)cc2)CC1. The number of benzene rings is 2. The van der Waals surface area contributed by atoms with Gasteiger partial charge in [0.1, 0.15) is 0 Å². The number of rotatable bonds is 5. The van der Waals surface area contributed by atoms with E-state index in [2.05, 4.69) is 10.2 Å². The molecule has 1 aliphatic heterocycles. The largest absolute Gasteiger partial charge is 0.368 e. The number of carbonyl (C=O) groups is 2. The highest BCUT2D eigenvalue weighted by Gasteiger charge is 2.19. The lowest BCUT2D eigenvalue weighted by Gasteiger charge is -2.35. The summed E-state index contributed by atoms with van der Waals surface area (Å²) in [6.07, 6.45) is 0.727. The van der Waals surface area contributed by atoms with Crippen LogP contribution in [0, 0.1) is 5.92 Å². The molecule has 142 valence electrons. The highest BCUT2D eigenvalue weighted by molar-refractivity contribution is 5.92. The fraction of sp³-hybridized carbons (Fsp3) is 0.364. The fourth-order valence-corrected chi connectivity index (χ4v) is 3.36. The van der Waals surface area contributed by atoms with Crippen LogP contribution in [0.2, 0.25) is 0 Å². The van der Waals surface area contributed by atoms with Gasteiger partial charge in [-0.2, -0.15) is 0 Å². The van der Waals surface area contributed by atoms with Crippen molar-refractivity contribution < 1.29 is 9.59 Å². The van der Waals surface area contributed by atoms with Crippen molar-refractivity contribution in [3.8, 4) is 0 Å². The molecule has 1 aliphatic rings. The van der Waals surface area contributed by atoms with Crippen LogP contribution in [0.3, 0.4) is 0 Å². The van der Waals surface area contributed by atoms with Crippen LogP contribution in [-0.2, 0) is 16.0 Å². The van der Waals surface area contributed by atoms with Crippen LogP contribution < -0.4 is 10.2 Å². The summed E-state index contributed by atoms with van der Waals surface area (Å²) in [5.74, 6) is 0.0748. The molecule has 1 atom stereocenters. The van der Waals surface area contributed by atoms with Crippen LogP contribution >= 0.6 is 0 Å². The highest BCUT2D eigenvalue weighted by atomic mass is 16.2. The van der Waals surface area contributed by atoms with Gasteiger partial charge in [0.05, 0.1) is 0 Å². The van der Waals surface area contributed by atoms with E-state index in [4.69, 9.17) is 0 Å². The molecule has 1 unspecified atom stereocenters. The van der Waals surface area contributed by atoms with Crippen molar-refractivity contribution in [3.63, 3.8) is 0 Å². The Balaban J connectivity index is 1.53. The Labute approximate surface area is 161 Å². The lowest BCUT2D eigenvalue weighted by atomic mass is 10.0. The zero-order valence-electron chi connectivity index (χ0n) is 16.0. The second kappa shape index (κ2) is 8.71. The van der Waals surface area contributed by atoms with Gasteiger partial charge in [0, 0.05) is 50.4 Å². The molecule has 1 N–H and O–H groups in total. The van der Waals surface area contributed by atoms with E-state index >= 15 is 0 Å². The second-order valence-corrected chi connectivity index (χ2v) is 7.12. The molecule has 5 nitrogen and oxygen atoms in total. The predicted molar refractivity (Wildman–Crippen MR) is 109 cm³/mol. The minimum absolute atomic E-state index is 0.0293. The number of hydrogen-bond donors (Lipinski definition) is 1. The molecular weight excluding hydrogens is 338 g/mol. The highest BCUT2D eigenvalue weighted by Crippen LogP contribution is 2.20. The standard InChI is InChI=1S/C22H27N3O2/c1-17(16-19-6-4-3-5-7-19)22(27)23-20-8-10-21(11-9-20)25-14-12-24(13-15-25)18(2)26/h3-11,17H,12-16H2,1-2H3,(H,23,27). The third kappa shape index (κ3) is 5.09. The summed E-state index contributed by atoms with van der Waals surface area (Å²) < 4.78 is 0. The molecule has 2 aromatic carbocycles. The van der Waals surface area contributed by atoms with Gasteiger partial charge in [-0.1, -0.05) is 37.3 Å². The molecule has 0 aromatic heterocycles. The first-order valence-electron chi connectivity index (χ1n) is 9.48. The van der Waals surface area contributed by atoms with Crippen LogP contribution in [-0.4, -0.2) is 42.9 Å². The number of hydrogen-bond acceptors (Lipinski definition) is 3. The summed E-state index contributed by atoms with van der Waals surface area (Å²) in [6.45, 7) is 6.74. The van der Waals surface area contributed by atoms with E-state index in [1.54, 1.807) is 6.92 Å².